The van der Waals surface area contributed by atoms with Gasteiger partial charge < -0.3 is 10.2 Å². The summed E-state index contributed by atoms with van der Waals surface area (Å²) in [5.74, 6) is 1.49. The van der Waals surface area contributed by atoms with E-state index < -0.39 is 0 Å². The fourth-order valence-corrected chi connectivity index (χ4v) is 5.83. The van der Waals surface area contributed by atoms with Crippen molar-refractivity contribution in [2.45, 2.75) is 61.6 Å². The van der Waals surface area contributed by atoms with Gasteiger partial charge in [-0.05, 0) is 43.2 Å². The van der Waals surface area contributed by atoms with E-state index in [-0.39, 0.29) is 17.1 Å². The van der Waals surface area contributed by atoms with Gasteiger partial charge in [0.15, 0.2) is 0 Å². The first-order valence-corrected chi connectivity index (χ1v) is 10.4. The van der Waals surface area contributed by atoms with Crippen molar-refractivity contribution in [2.75, 3.05) is 11.9 Å². The van der Waals surface area contributed by atoms with Crippen LogP contribution in [0.15, 0.2) is 29.2 Å². The molecule has 0 radical (unpaired) electrons. The van der Waals surface area contributed by atoms with E-state index in [1.165, 1.54) is 31.0 Å². The number of hydrogen-bond donors (Lipinski definition) is 1. The monoisotopic (exact) mass is 358 g/mol. The first-order valence-electron chi connectivity index (χ1n) is 9.49. The van der Waals surface area contributed by atoms with Gasteiger partial charge >= 0.3 is 0 Å². The molecule has 0 aromatic heterocycles. The smallest absolute Gasteiger partial charge is 0.238 e. The Labute approximate surface area is 153 Å². The summed E-state index contributed by atoms with van der Waals surface area (Å²) in [6.07, 6.45) is 6.31. The molecule has 2 amide bonds. The van der Waals surface area contributed by atoms with Crippen LogP contribution in [0.1, 0.15) is 45.4 Å². The average molecular weight is 359 g/mol. The molecule has 0 bridgehead atoms. The van der Waals surface area contributed by atoms with Crippen molar-refractivity contribution < 1.29 is 9.59 Å². The van der Waals surface area contributed by atoms with Gasteiger partial charge in [-0.25, -0.2) is 0 Å². The van der Waals surface area contributed by atoms with Crippen LogP contribution in [-0.4, -0.2) is 34.6 Å². The van der Waals surface area contributed by atoms with Gasteiger partial charge in [0.25, 0.3) is 0 Å². The minimum absolute atomic E-state index is 0.0392. The van der Waals surface area contributed by atoms with E-state index in [1.54, 1.807) is 0 Å². The molecule has 5 heteroatoms. The predicted octanol–water partition coefficient (Wildman–Crippen LogP) is 3.92. The Morgan fingerprint density at radius 1 is 1.24 bits per heavy atom. The first kappa shape index (κ1) is 17.0. The lowest BCUT2D eigenvalue weighted by Gasteiger charge is -2.47. The van der Waals surface area contributed by atoms with Gasteiger partial charge in [-0.3, -0.25) is 9.59 Å². The average Bonchev–Trinajstić information content (AvgIpc) is 2.63. The van der Waals surface area contributed by atoms with Gasteiger partial charge in [0, 0.05) is 23.9 Å². The number of amides is 2. The van der Waals surface area contributed by atoms with E-state index in [1.807, 2.05) is 24.3 Å². The highest BCUT2D eigenvalue weighted by Crippen LogP contribution is 2.40. The van der Waals surface area contributed by atoms with Crippen molar-refractivity contribution in [3.63, 3.8) is 0 Å². The van der Waals surface area contributed by atoms with Gasteiger partial charge in [-0.1, -0.05) is 31.9 Å². The normalized spacial score (nSPS) is 31.7. The summed E-state index contributed by atoms with van der Waals surface area (Å²) in [6, 6.07) is 8.21. The van der Waals surface area contributed by atoms with Crippen molar-refractivity contribution in [2.24, 2.45) is 11.8 Å². The van der Waals surface area contributed by atoms with Gasteiger partial charge in [0.2, 0.25) is 11.8 Å². The van der Waals surface area contributed by atoms with Crippen LogP contribution in [0.25, 0.3) is 0 Å². The Morgan fingerprint density at radius 2 is 2.04 bits per heavy atom. The first-order chi connectivity index (χ1) is 12.1. The molecule has 1 aromatic carbocycles. The summed E-state index contributed by atoms with van der Waals surface area (Å²) in [5.41, 5.74) is 0.861. The number of thioether (sulfide) groups is 1. The van der Waals surface area contributed by atoms with Crippen LogP contribution < -0.4 is 5.32 Å². The van der Waals surface area contributed by atoms with Crippen LogP contribution >= 0.6 is 11.8 Å². The number of anilines is 1. The zero-order valence-corrected chi connectivity index (χ0v) is 15.6. The molecule has 134 valence electrons. The molecule has 4 atom stereocenters. The van der Waals surface area contributed by atoms with E-state index in [0.717, 1.165) is 30.0 Å². The standard InChI is InChI=1S/C20H26N2O2S/c1-13-10-11-22(16-8-4-2-6-14(13)16)19(23)12-18-20(24)21-15-7-3-5-9-17(15)25-18/h3,5,7,9,13-14,16,18H,2,4,6,8,10-12H2,1H3,(H,21,24). The molecule has 4 rings (SSSR count). The third-order valence-electron chi connectivity index (χ3n) is 6.13. The molecule has 2 aliphatic heterocycles. The second kappa shape index (κ2) is 7.02. The molecule has 1 aromatic rings. The Kier molecular flexibility index (Phi) is 4.76. The van der Waals surface area contributed by atoms with E-state index in [4.69, 9.17) is 0 Å². The topological polar surface area (TPSA) is 49.4 Å². The van der Waals surface area contributed by atoms with Crippen molar-refractivity contribution >= 4 is 29.3 Å². The van der Waals surface area contributed by atoms with E-state index in [0.29, 0.717) is 24.3 Å². The SMILES string of the molecule is CC1CCN(C(=O)CC2Sc3ccccc3NC2=O)C2CCCCC12. The van der Waals surface area contributed by atoms with Gasteiger partial charge in [-0.2, -0.15) is 0 Å². The molecular weight excluding hydrogens is 332 g/mol. The largest absolute Gasteiger partial charge is 0.339 e. The number of carbonyl (C=O) groups is 2. The summed E-state index contributed by atoms with van der Waals surface area (Å²) in [7, 11) is 0. The lowest BCUT2D eigenvalue weighted by atomic mass is 9.72. The number of fused-ring (bicyclic) bond motifs is 2. The number of likely N-dealkylation sites (tertiary alicyclic amines) is 1. The van der Waals surface area contributed by atoms with Crippen molar-refractivity contribution in [3.8, 4) is 0 Å². The third-order valence-corrected chi connectivity index (χ3v) is 7.40. The third kappa shape index (κ3) is 3.31. The molecule has 1 aliphatic carbocycles. The molecule has 4 nitrogen and oxygen atoms in total. The fraction of sp³-hybridized carbons (Fsp3) is 0.600. The molecule has 1 saturated carbocycles. The fourth-order valence-electron chi connectivity index (χ4n) is 4.73. The molecule has 0 spiro atoms. The van der Waals surface area contributed by atoms with Crippen LogP contribution in [0.5, 0.6) is 0 Å². The number of nitrogens with zero attached hydrogens (tertiary/aromatic N) is 1. The number of para-hydroxylation sites is 1. The van der Waals surface area contributed by atoms with E-state index >= 15 is 0 Å². The highest BCUT2D eigenvalue weighted by molar-refractivity contribution is 8.01. The Hall–Kier alpha value is -1.49. The number of carbonyl (C=O) groups excluding carboxylic acids is 2. The second-order valence-corrected chi connectivity index (χ2v) is 8.91. The summed E-state index contributed by atoms with van der Waals surface area (Å²) < 4.78 is 0. The molecule has 2 fully saturated rings. The van der Waals surface area contributed by atoms with Crippen molar-refractivity contribution in [1.82, 2.24) is 4.90 Å². The minimum Gasteiger partial charge on any atom is -0.339 e. The van der Waals surface area contributed by atoms with Gasteiger partial charge in [-0.15, -0.1) is 11.8 Å². The molecule has 2 heterocycles. The van der Waals surface area contributed by atoms with E-state index in [9.17, 15) is 9.59 Å². The summed E-state index contributed by atoms with van der Waals surface area (Å²) in [5, 5.41) is 2.64. The number of rotatable bonds is 2. The summed E-state index contributed by atoms with van der Waals surface area (Å²) in [4.78, 5) is 28.6. The van der Waals surface area contributed by atoms with Crippen LogP contribution in [-0.2, 0) is 9.59 Å². The maximum Gasteiger partial charge on any atom is 0.238 e. The number of piperidine rings is 1. The molecule has 4 unspecified atom stereocenters. The second-order valence-electron chi connectivity index (χ2n) is 7.66. The Bertz CT molecular complexity index is 677. The lowest BCUT2D eigenvalue weighted by molar-refractivity contribution is -0.140. The zero-order chi connectivity index (χ0) is 17.4. The number of nitrogens with one attached hydrogen (secondary N) is 1. The number of benzene rings is 1. The van der Waals surface area contributed by atoms with Gasteiger partial charge in [0.1, 0.15) is 0 Å². The van der Waals surface area contributed by atoms with Crippen LogP contribution in [0.4, 0.5) is 5.69 Å². The Morgan fingerprint density at radius 3 is 2.92 bits per heavy atom. The maximum absolute atomic E-state index is 13.0. The predicted molar refractivity (Wildman–Crippen MR) is 101 cm³/mol. The van der Waals surface area contributed by atoms with Crippen LogP contribution in [0, 0.1) is 11.8 Å². The van der Waals surface area contributed by atoms with Crippen molar-refractivity contribution in [1.29, 1.82) is 0 Å². The van der Waals surface area contributed by atoms with Crippen molar-refractivity contribution in [3.05, 3.63) is 24.3 Å². The molecule has 3 aliphatic rings. The molecule has 1 N–H and O–H groups in total. The molecular formula is C20H26N2O2S. The lowest BCUT2D eigenvalue weighted by Crippen LogP contribution is -2.53. The molecule has 1 saturated heterocycles. The minimum atomic E-state index is -0.316. The van der Waals surface area contributed by atoms with Crippen LogP contribution in [0.2, 0.25) is 0 Å². The van der Waals surface area contributed by atoms with Crippen LogP contribution in [0.3, 0.4) is 0 Å². The summed E-state index contributed by atoms with van der Waals surface area (Å²) in [6.45, 7) is 3.20. The highest BCUT2D eigenvalue weighted by Gasteiger charge is 2.40. The zero-order valence-electron chi connectivity index (χ0n) is 14.7. The Balaban J connectivity index is 1.46. The maximum atomic E-state index is 13.0. The number of hydrogen-bond acceptors (Lipinski definition) is 3. The summed E-state index contributed by atoms with van der Waals surface area (Å²) >= 11 is 1.53. The van der Waals surface area contributed by atoms with E-state index in [2.05, 4.69) is 17.1 Å². The molecule has 25 heavy (non-hydrogen) atoms. The quantitative estimate of drug-likeness (QED) is 0.872. The van der Waals surface area contributed by atoms with Gasteiger partial charge in [0.05, 0.1) is 10.9 Å². The highest BCUT2D eigenvalue weighted by atomic mass is 32.2.